The van der Waals surface area contributed by atoms with E-state index in [1.54, 1.807) is 11.0 Å². The lowest BCUT2D eigenvalue weighted by molar-refractivity contribution is -0.127. The van der Waals surface area contributed by atoms with Crippen LogP contribution in [0, 0.1) is 17.2 Å². The van der Waals surface area contributed by atoms with Gasteiger partial charge in [-0.15, -0.1) is 0 Å². The largest absolute Gasteiger partial charge is 0.348 e. The molecular weight excluding hydrogens is 447 g/mol. The number of halogens is 2. The zero-order valence-corrected chi connectivity index (χ0v) is 19.0. The zero-order valence-electron chi connectivity index (χ0n) is 18.2. The summed E-state index contributed by atoms with van der Waals surface area (Å²) in [5.41, 5.74) is 0.496. The highest BCUT2D eigenvalue weighted by molar-refractivity contribution is 6.34. The van der Waals surface area contributed by atoms with E-state index in [0.29, 0.717) is 56.7 Å². The van der Waals surface area contributed by atoms with Crippen molar-refractivity contribution >= 4 is 34.9 Å². The Hall–Kier alpha value is -2.74. The monoisotopic (exact) mass is 472 g/mol. The molecule has 1 aliphatic heterocycles. The van der Waals surface area contributed by atoms with E-state index in [-0.39, 0.29) is 40.0 Å². The number of hydrogen-bond acceptors (Lipinski definition) is 4. The fourth-order valence-corrected chi connectivity index (χ4v) is 5.42. The lowest BCUT2D eigenvalue weighted by Crippen LogP contribution is -2.44. The Bertz CT molecular complexity index is 1100. The van der Waals surface area contributed by atoms with Crippen LogP contribution in [0.15, 0.2) is 24.5 Å². The first-order valence-corrected chi connectivity index (χ1v) is 11.9. The number of carbonyl (C=O) groups excluding carboxylic acids is 3. The van der Waals surface area contributed by atoms with E-state index in [1.165, 1.54) is 18.5 Å². The predicted molar refractivity (Wildman–Crippen MR) is 121 cm³/mol. The second-order valence-corrected chi connectivity index (χ2v) is 9.93. The molecule has 3 aliphatic rings. The molecule has 5 rings (SSSR count). The maximum Gasteiger partial charge on any atom is 0.270 e. The Kier molecular flexibility index (Phi) is 5.72. The molecule has 1 aromatic carbocycles. The van der Waals surface area contributed by atoms with Crippen molar-refractivity contribution in [3.05, 3.63) is 46.8 Å². The van der Waals surface area contributed by atoms with Gasteiger partial charge in [-0.25, -0.2) is 9.37 Å². The molecule has 2 saturated carbocycles. The molecule has 2 aliphatic carbocycles. The van der Waals surface area contributed by atoms with Crippen molar-refractivity contribution in [2.45, 2.75) is 57.4 Å². The van der Waals surface area contributed by atoms with Gasteiger partial charge in [0.2, 0.25) is 5.91 Å². The van der Waals surface area contributed by atoms with Gasteiger partial charge in [-0.1, -0.05) is 11.6 Å². The number of ketones is 1. The summed E-state index contributed by atoms with van der Waals surface area (Å²) in [6, 6.07) is 4.01. The van der Waals surface area contributed by atoms with E-state index in [9.17, 15) is 18.8 Å². The van der Waals surface area contributed by atoms with E-state index in [2.05, 4.69) is 15.3 Å². The van der Waals surface area contributed by atoms with E-state index >= 15 is 0 Å². The van der Waals surface area contributed by atoms with Crippen molar-refractivity contribution in [3.63, 3.8) is 0 Å². The van der Waals surface area contributed by atoms with Crippen molar-refractivity contribution in [2.24, 2.45) is 11.3 Å². The molecule has 0 radical (unpaired) electrons. The first-order chi connectivity index (χ1) is 15.9. The van der Waals surface area contributed by atoms with Gasteiger partial charge in [0.15, 0.2) is 5.78 Å². The number of rotatable bonds is 6. The average molecular weight is 473 g/mol. The number of aromatic nitrogens is 2. The van der Waals surface area contributed by atoms with Crippen LogP contribution >= 0.6 is 11.6 Å². The Morgan fingerprint density at radius 1 is 1.21 bits per heavy atom. The van der Waals surface area contributed by atoms with Crippen LogP contribution in [0.3, 0.4) is 0 Å². The minimum absolute atomic E-state index is 0.0160. The molecule has 174 valence electrons. The molecule has 0 bridgehead atoms. The molecule has 1 spiro atoms. The van der Waals surface area contributed by atoms with Crippen LogP contribution in [-0.2, 0) is 4.79 Å². The van der Waals surface area contributed by atoms with Crippen LogP contribution in [0.4, 0.5) is 10.1 Å². The van der Waals surface area contributed by atoms with Gasteiger partial charge in [-0.05, 0) is 69.1 Å². The maximum atomic E-state index is 13.4. The summed E-state index contributed by atoms with van der Waals surface area (Å²) in [5.74, 6) is -0.418. The maximum absolute atomic E-state index is 13.4. The number of nitrogens with zero attached hydrogens (tertiary/aromatic N) is 2. The Morgan fingerprint density at radius 2 is 1.97 bits per heavy atom. The SMILES string of the molecule is O=C(CC1CC1)c1nc[nH]c1C(=O)NC1CCC2(CC1)CCN(c1ccc(F)cc1Cl)C2=O. The van der Waals surface area contributed by atoms with Crippen LogP contribution in [0.5, 0.6) is 0 Å². The predicted octanol–water partition coefficient (Wildman–Crippen LogP) is 4.28. The quantitative estimate of drug-likeness (QED) is 0.613. The van der Waals surface area contributed by atoms with Crippen LogP contribution in [0.2, 0.25) is 5.02 Å². The summed E-state index contributed by atoms with van der Waals surface area (Å²) in [5, 5.41) is 3.24. The molecular formula is C24H26ClFN4O3. The number of Topliss-reactive ketones (excluding diaryl/α,β-unsaturated/α-hetero) is 1. The molecule has 2 aromatic rings. The van der Waals surface area contributed by atoms with E-state index < -0.39 is 11.2 Å². The van der Waals surface area contributed by atoms with Crippen LogP contribution < -0.4 is 10.2 Å². The Labute approximate surface area is 196 Å². The van der Waals surface area contributed by atoms with Gasteiger partial charge in [0.05, 0.1) is 22.5 Å². The fourth-order valence-electron chi connectivity index (χ4n) is 5.15. The van der Waals surface area contributed by atoms with Crippen LogP contribution in [0.25, 0.3) is 0 Å². The number of amides is 2. The summed E-state index contributed by atoms with van der Waals surface area (Å²) in [6.07, 6.45) is 7.30. The Morgan fingerprint density at radius 3 is 2.67 bits per heavy atom. The molecule has 2 amide bonds. The minimum Gasteiger partial charge on any atom is -0.348 e. The first-order valence-electron chi connectivity index (χ1n) is 11.5. The molecule has 2 N–H and O–H groups in total. The van der Waals surface area contributed by atoms with Gasteiger partial charge in [0.1, 0.15) is 17.2 Å². The van der Waals surface area contributed by atoms with Crippen molar-refractivity contribution in [2.75, 3.05) is 11.4 Å². The molecule has 1 aromatic heterocycles. The van der Waals surface area contributed by atoms with Crippen molar-refractivity contribution in [3.8, 4) is 0 Å². The highest BCUT2D eigenvalue weighted by Gasteiger charge is 2.49. The summed E-state index contributed by atoms with van der Waals surface area (Å²) in [6.45, 7) is 0.543. The smallest absolute Gasteiger partial charge is 0.270 e. The van der Waals surface area contributed by atoms with Crippen molar-refractivity contribution in [1.29, 1.82) is 0 Å². The van der Waals surface area contributed by atoms with Gasteiger partial charge in [0, 0.05) is 19.0 Å². The van der Waals surface area contributed by atoms with Gasteiger partial charge in [0.25, 0.3) is 5.91 Å². The number of anilines is 1. The molecule has 0 unspecified atom stereocenters. The molecule has 2 heterocycles. The van der Waals surface area contributed by atoms with E-state index in [0.717, 1.165) is 12.8 Å². The van der Waals surface area contributed by atoms with Crippen LogP contribution in [-0.4, -0.2) is 40.2 Å². The number of aromatic amines is 1. The number of H-pyrrole nitrogens is 1. The second kappa shape index (κ2) is 8.56. The molecule has 1 saturated heterocycles. The third-order valence-electron chi connectivity index (χ3n) is 7.29. The first kappa shape index (κ1) is 22.1. The fraction of sp³-hybridized carbons (Fsp3) is 0.500. The minimum atomic E-state index is -0.474. The van der Waals surface area contributed by atoms with Gasteiger partial charge in [-0.3, -0.25) is 14.4 Å². The molecule has 9 heteroatoms. The van der Waals surface area contributed by atoms with E-state index in [4.69, 9.17) is 11.6 Å². The van der Waals surface area contributed by atoms with Crippen molar-refractivity contribution < 1.29 is 18.8 Å². The van der Waals surface area contributed by atoms with Gasteiger partial charge < -0.3 is 15.2 Å². The summed E-state index contributed by atoms with van der Waals surface area (Å²) in [7, 11) is 0. The second-order valence-electron chi connectivity index (χ2n) is 9.53. The standard InChI is InChI=1S/C24H26ClFN4O3/c25-17-12-15(26)3-4-18(17)30-10-9-24(23(30)33)7-5-16(6-8-24)29-22(32)21-20(27-13-28-21)19(31)11-14-1-2-14/h3-4,12-14,16H,1-2,5-11H2,(H,27,28)(H,29,32). The van der Waals surface area contributed by atoms with Gasteiger partial charge in [-0.2, -0.15) is 0 Å². The molecule has 7 nitrogen and oxygen atoms in total. The molecule has 3 fully saturated rings. The summed E-state index contributed by atoms with van der Waals surface area (Å²) in [4.78, 5) is 47.1. The number of imidazole rings is 1. The third-order valence-corrected chi connectivity index (χ3v) is 7.60. The van der Waals surface area contributed by atoms with Crippen molar-refractivity contribution in [1.82, 2.24) is 15.3 Å². The van der Waals surface area contributed by atoms with Crippen LogP contribution in [0.1, 0.15) is 72.3 Å². The number of hydrogen-bond donors (Lipinski definition) is 2. The lowest BCUT2D eigenvalue weighted by Gasteiger charge is -2.36. The number of carbonyl (C=O) groups is 3. The summed E-state index contributed by atoms with van der Waals surface area (Å²) >= 11 is 6.18. The average Bonchev–Trinajstić information content (AvgIpc) is 3.36. The molecule has 0 atom stereocenters. The number of nitrogens with one attached hydrogen (secondary N) is 2. The van der Waals surface area contributed by atoms with Gasteiger partial charge >= 0.3 is 0 Å². The summed E-state index contributed by atoms with van der Waals surface area (Å²) < 4.78 is 13.4. The third kappa shape index (κ3) is 4.28. The Balaban J connectivity index is 1.20. The topological polar surface area (TPSA) is 95.2 Å². The highest BCUT2D eigenvalue weighted by atomic mass is 35.5. The molecule has 33 heavy (non-hydrogen) atoms. The lowest BCUT2D eigenvalue weighted by atomic mass is 9.71. The number of benzene rings is 1. The zero-order chi connectivity index (χ0) is 23.2. The normalized spacial score (nSPS) is 25.0. The van der Waals surface area contributed by atoms with E-state index in [1.807, 2.05) is 0 Å². The highest BCUT2D eigenvalue weighted by Crippen LogP contribution is 2.47.